The van der Waals surface area contributed by atoms with Crippen LogP contribution in [0.5, 0.6) is 11.5 Å². The van der Waals surface area contributed by atoms with Crippen molar-refractivity contribution in [2.75, 3.05) is 6.61 Å². The molecule has 0 amide bonds. The first-order valence-electron chi connectivity index (χ1n) is 22.0. The zero-order valence-electron chi connectivity index (χ0n) is 36.1. The third kappa shape index (κ3) is 10.9. The van der Waals surface area contributed by atoms with E-state index in [0.717, 1.165) is 27.8 Å². The van der Waals surface area contributed by atoms with E-state index in [0.29, 0.717) is 22.8 Å². The number of fused-ring (bicyclic) bond motifs is 1. The van der Waals surface area contributed by atoms with E-state index in [1.165, 1.54) is 6.07 Å². The van der Waals surface area contributed by atoms with E-state index in [-0.39, 0.29) is 66.7 Å². The van der Waals surface area contributed by atoms with Crippen molar-refractivity contribution in [2.24, 2.45) is 0 Å². The second-order valence-electron chi connectivity index (χ2n) is 16.1. The van der Waals surface area contributed by atoms with Crippen LogP contribution in [-0.2, 0) is 52.0 Å². The van der Waals surface area contributed by atoms with Crippen LogP contribution in [-0.4, -0.2) is 36.1 Å². The van der Waals surface area contributed by atoms with Crippen LogP contribution in [0.25, 0.3) is 22.3 Å². The second kappa shape index (κ2) is 21.6. The molecule has 0 bridgehead atoms. The van der Waals surface area contributed by atoms with Gasteiger partial charge in [-0.3, -0.25) is 4.79 Å². The molecule has 10 heteroatoms. The molecule has 0 aliphatic carbocycles. The van der Waals surface area contributed by atoms with Crippen molar-refractivity contribution >= 4 is 22.6 Å². The van der Waals surface area contributed by atoms with Crippen LogP contribution in [0, 0.1) is 0 Å². The van der Waals surface area contributed by atoms with Gasteiger partial charge >= 0.3 is 0 Å². The van der Waals surface area contributed by atoms with Gasteiger partial charge in [0.2, 0.25) is 0 Å². The molecule has 0 unspecified atom stereocenters. The second-order valence-corrected chi connectivity index (χ2v) is 16.6. The average molecular weight is 901 g/mol. The molecule has 9 nitrogen and oxygen atoms in total. The zero-order chi connectivity index (χ0) is 45.1. The minimum absolute atomic E-state index is 0.0686. The molecule has 7 aromatic carbocycles. The largest absolute Gasteiger partial charge is 0.488 e. The topological polar surface area (TPSA) is 106 Å². The summed E-state index contributed by atoms with van der Waals surface area (Å²) in [5.74, 6) is 0.795. The van der Waals surface area contributed by atoms with Gasteiger partial charge in [-0.25, -0.2) is 0 Å². The van der Waals surface area contributed by atoms with Gasteiger partial charge < -0.3 is 37.9 Å². The molecule has 1 fully saturated rings. The minimum atomic E-state index is -1.39. The summed E-state index contributed by atoms with van der Waals surface area (Å²) in [5, 5.41) is 13.6. The smallest absolute Gasteiger partial charge is 0.197 e. The Kier molecular flexibility index (Phi) is 14.6. The third-order valence-electron chi connectivity index (χ3n) is 11.5. The van der Waals surface area contributed by atoms with Crippen molar-refractivity contribution in [3.63, 3.8) is 0 Å². The Hall–Kier alpha value is -6.56. The average Bonchev–Trinajstić information content (AvgIpc) is 3.36. The Morgan fingerprint density at radius 3 is 1.53 bits per heavy atom. The van der Waals surface area contributed by atoms with Crippen molar-refractivity contribution in [3.8, 4) is 22.8 Å². The number of benzene rings is 7. The SMILES string of the molecule is O=c1cc(-c2ccc(Cl)cc2)oc2c([C@@H]3O[C@H](COCc4ccccc4)[C@@H](OCc4ccccc4)[C@H](OCc4ccccc4)[C@H]3O)c(OCc3ccccc3)cc(OCc3ccccc3)c12. The van der Waals surface area contributed by atoms with Gasteiger partial charge in [0.05, 0.1) is 32.0 Å². The summed E-state index contributed by atoms with van der Waals surface area (Å²) in [7, 11) is 0. The first-order valence-corrected chi connectivity index (χ1v) is 22.3. The summed E-state index contributed by atoms with van der Waals surface area (Å²) < 4.78 is 47.1. The maximum atomic E-state index is 14.6. The molecule has 1 aliphatic rings. The molecular formula is C56H49ClO9. The molecular weight excluding hydrogens is 852 g/mol. The molecule has 66 heavy (non-hydrogen) atoms. The number of halogens is 1. The van der Waals surface area contributed by atoms with Crippen molar-refractivity contribution in [1.82, 2.24) is 0 Å². The van der Waals surface area contributed by atoms with Gasteiger partial charge in [-0.05, 0) is 52.1 Å². The van der Waals surface area contributed by atoms with Crippen LogP contribution >= 0.6 is 11.6 Å². The lowest BCUT2D eigenvalue weighted by atomic mass is 9.89. The predicted octanol–water partition coefficient (Wildman–Crippen LogP) is 11.5. The fraction of sp³-hybridized carbons (Fsp3) is 0.196. The monoisotopic (exact) mass is 900 g/mol. The molecule has 5 atom stereocenters. The standard InChI is InChI=1S/C56H49ClO9/c57-44-28-26-43(27-29-44)46-30-45(58)50-47(61-33-39-18-8-2-9-19-39)31-48(62-34-40-20-10-3-11-21-40)51(54(50)65-46)55-52(59)56(64-36-42-24-14-5-15-25-42)53(63-35-41-22-12-4-13-23-41)49(66-55)37-60-32-38-16-6-1-7-17-38/h1-31,49,52-53,55-56,59H,32-37H2/t49-,52+,53-,55+,56-/m1/s1. The molecule has 0 spiro atoms. The number of aliphatic hydroxyl groups excluding tert-OH is 1. The van der Waals surface area contributed by atoms with Crippen LogP contribution < -0.4 is 14.9 Å². The van der Waals surface area contributed by atoms with E-state index in [2.05, 4.69) is 0 Å². The van der Waals surface area contributed by atoms with Gasteiger partial charge in [0.1, 0.15) is 66.4 Å². The third-order valence-corrected chi connectivity index (χ3v) is 11.7. The first-order chi connectivity index (χ1) is 32.5. The van der Waals surface area contributed by atoms with E-state index in [1.807, 2.05) is 152 Å². The number of rotatable bonds is 18. The number of aliphatic hydroxyl groups is 1. The highest BCUT2D eigenvalue weighted by Crippen LogP contribution is 2.46. The van der Waals surface area contributed by atoms with E-state index >= 15 is 0 Å². The lowest BCUT2D eigenvalue weighted by Gasteiger charge is -2.45. The Bertz CT molecular complexity index is 2830. The van der Waals surface area contributed by atoms with Crippen LogP contribution in [0.4, 0.5) is 0 Å². The summed E-state index contributed by atoms with van der Waals surface area (Å²) >= 11 is 6.31. The molecule has 1 N–H and O–H groups in total. The Morgan fingerprint density at radius 1 is 0.530 bits per heavy atom. The fourth-order valence-electron chi connectivity index (χ4n) is 8.12. The number of hydrogen-bond donors (Lipinski definition) is 1. The Labute approximate surface area is 388 Å². The van der Waals surface area contributed by atoms with Crippen molar-refractivity contribution in [2.45, 2.75) is 63.6 Å². The number of ether oxygens (including phenoxy) is 6. The fourth-order valence-corrected chi connectivity index (χ4v) is 8.25. The van der Waals surface area contributed by atoms with Crippen molar-refractivity contribution < 1.29 is 37.9 Å². The van der Waals surface area contributed by atoms with E-state index in [1.54, 1.807) is 30.3 Å². The number of hydrogen-bond acceptors (Lipinski definition) is 9. The Balaban J connectivity index is 1.20. The van der Waals surface area contributed by atoms with Gasteiger partial charge in [0.25, 0.3) is 0 Å². The molecule has 1 aromatic heterocycles. The van der Waals surface area contributed by atoms with E-state index < -0.39 is 30.5 Å². The highest BCUT2D eigenvalue weighted by molar-refractivity contribution is 6.30. The van der Waals surface area contributed by atoms with Gasteiger partial charge in [0, 0.05) is 22.7 Å². The highest BCUT2D eigenvalue weighted by atomic mass is 35.5. The Morgan fingerprint density at radius 2 is 1.00 bits per heavy atom. The van der Waals surface area contributed by atoms with Crippen LogP contribution in [0.1, 0.15) is 39.5 Å². The van der Waals surface area contributed by atoms with E-state index in [4.69, 9.17) is 44.4 Å². The van der Waals surface area contributed by atoms with Gasteiger partial charge in [-0.1, -0.05) is 163 Å². The quantitative estimate of drug-likeness (QED) is 0.0901. The maximum absolute atomic E-state index is 14.6. The van der Waals surface area contributed by atoms with Crippen molar-refractivity contribution in [1.29, 1.82) is 0 Å². The van der Waals surface area contributed by atoms with Crippen LogP contribution in [0.15, 0.2) is 197 Å². The molecule has 334 valence electrons. The predicted molar refractivity (Wildman–Crippen MR) is 254 cm³/mol. The van der Waals surface area contributed by atoms with Crippen LogP contribution in [0.3, 0.4) is 0 Å². The van der Waals surface area contributed by atoms with Crippen molar-refractivity contribution in [3.05, 3.63) is 237 Å². The molecule has 8 aromatic rings. The summed E-state index contributed by atoms with van der Waals surface area (Å²) in [6, 6.07) is 59.0. The molecule has 2 heterocycles. The molecule has 9 rings (SSSR count). The minimum Gasteiger partial charge on any atom is -0.488 e. The van der Waals surface area contributed by atoms with Crippen LogP contribution in [0.2, 0.25) is 5.02 Å². The molecule has 0 radical (unpaired) electrons. The molecule has 1 aliphatic heterocycles. The van der Waals surface area contributed by atoms with Gasteiger partial charge in [-0.2, -0.15) is 0 Å². The van der Waals surface area contributed by atoms with Gasteiger partial charge in [0.15, 0.2) is 11.0 Å². The normalized spacial score (nSPS) is 18.2. The van der Waals surface area contributed by atoms with Gasteiger partial charge in [-0.15, -0.1) is 0 Å². The lowest BCUT2D eigenvalue weighted by Crippen LogP contribution is -2.57. The van der Waals surface area contributed by atoms with E-state index in [9.17, 15) is 9.90 Å². The highest BCUT2D eigenvalue weighted by Gasteiger charge is 2.49. The molecule has 0 saturated carbocycles. The molecule has 1 saturated heterocycles. The maximum Gasteiger partial charge on any atom is 0.197 e. The summed E-state index contributed by atoms with van der Waals surface area (Å²) in [4.78, 5) is 14.6. The lowest BCUT2D eigenvalue weighted by molar-refractivity contribution is -0.263. The summed E-state index contributed by atoms with van der Waals surface area (Å²) in [5.41, 5.74) is 5.28. The first kappa shape index (κ1) is 44.6. The summed E-state index contributed by atoms with van der Waals surface area (Å²) in [6.45, 7) is 1.05. The zero-order valence-corrected chi connectivity index (χ0v) is 36.9. The summed E-state index contributed by atoms with van der Waals surface area (Å²) in [6.07, 6.45) is -5.18.